The molecule has 1 N–H and O–H groups in total. The highest BCUT2D eigenvalue weighted by Gasteiger charge is 2.30. The number of benzene rings is 1. The van der Waals surface area contributed by atoms with E-state index < -0.39 is 0 Å². The maximum atomic E-state index is 13.1. The zero-order valence-electron chi connectivity index (χ0n) is 15.8. The number of aromatic nitrogens is 2. The molecule has 3 aromatic rings. The number of amides is 1. The highest BCUT2D eigenvalue weighted by atomic mass is 16.5. The summed E-state index contributed by atoms with van der Waals surface area (Å²) in [5.74, 6) is 1.82. The Bertz CT molecular complexity index is 993. The van der Waals surface area contributed by atoms with Crippen molar-refractivity contribution in [2.75, 3.05) is 31.1 Å². The number of carbonyl (C=O) groups is 1. The van der Waals surface area contributed by atoms with Crippen molar-refractivity contribution >= 4 is 22.6 Å². The Morgan fingerprint density at radius 2 is 2.00 bits per heavy atom. The van der Waals surface area contributed by atoms with Crippen LogP contribution in [-0.2, 0) is 0 Å². The van der Waals surface area contributed by atoms with Gasteiger partial charge in [0, 0.05) is 43.8 Å². The molecule has 6 nitrogen and oxygen atoms in total. The molecule has 2 saturated heterocycles. The van der Waals surface area contributed by atoms with Gasteiger partial charge in [-0.25, -0.2) is 4.98 Å². The van der Waals surface area contributed by atoms with Gasteiger partial charge in [0.05, 0.1) is 17.6 Å². The molecule has 4 heterocycles. The molecule has 0 aliphatic carbocycles. The third-order valence-electron chi connectivity index (χ3n) is 5.70. The number of carbonyl (C=O) groups excluding carboxylic acids is 1. The van der Waals surface area contributed by atoms with Crippen LogP contribution in [0.2, 0.25) is 0 Å². The molecule has 1 atom stereocenters. The van der Waals surface area contributed by atoms with Crippen molar-refractivity contribution in [3.05, 3.63) is 54.4 Å². The summed E-state index contributed by atoms with van der Waals surface area (Å²) >= 11 is 0. The van der Waals surface area contributed by atoms with Crippen molar-refractivity contribution in [3.63, 3.8) is 0 Å². The largest absolute Gasteiger partial charge is 0.485 e. The number of hydrogen-bond acceptors (Lipinski definition) is 4. The van der Waals surface area contributed by atoms with Crippen molar-refractivity contribution in [1.29, 1.82) is 0 Å². The van der Waals surface area contributed by atoms with Gasteiger partial charge in [0.15, 0.2) is 11.6 Å². The smallest absolute Gasteiger partial charge is 0.256 e. The van der Waals surface area contributed by atoms with Crippen molar-refractivity contribution in [1.82, 2.24) is 14.9 Å². The standard InChI is InChI=1S/C22H24N4O2/c27-22(18-6-3-5-16-8-11-23-20(16)18)26-14-9-17(15-26)28-19-7-4-10-24-21(19)25-12-1-2-13-25/h3-8,10-11,17,23H,1-2,9,12-15H2/t17-/m0/s1. The SMILES string of the molecule is O=C(c1cccc2cc[nH]c12)N1CC[C@H](Oc2cccnc2N2CCCC2)C1. The monoisotopic (exact) mass is 376 g/mol. The van der Waals surface area contributed by atoms with Crippen LogP contribution < -0.4 is 9.64 Å². The van der Waals surface area contributed by atoms with Crippen LogP contribution >= 0.6 is 0 Å². The average molecular weight is 376 g/mol. The number of para-hydroxylation sites is 1. The van der Waals surface area contributed by atoms with E-state index in [1.807, 2.05) is 53.7 Å². The molecule has 0 bridgehead atoms. The Morgan fingerprint density at radius 1 is 1.11 bits per heavy atom. The third kappa shape index (κ3) is 3.09. The Hall–Kier alpha value is -3.02. The van der Waals surface area contributed by atoms with Gasteiger partial charge in [0.1, 0.15) is 6.10 Å². The lowest BCUT2D eigenvalue weighted by Gasteiger charge is -2.22. The van der Waals surface area contributed by atoms with Gasteiger partial charge in [0.2, 0.25) is 0 Å². The van der Waals surface area contributed by atoms with Crippen LogP contribution in [0.5, 0.6) is 5.75 Å². The minimum absolute atomic E-state index is 0.00246. The molecule has 0 saturated carbocycles. The van der Waals surface area contributed by atoms with Gasteiger partial charge in [-0.2, -0.15) is 0 Å². The number of anilines is 1. The summed E-state index contributed by atoms with van der Waals surface area (Å²) in [6, 6.07) is 11.7. The molecule has 0 radical (unpaired) electrons. The first-order valence-electron chi connectivity index (χ1n) is 10.0. The predicted octanol–water partition coefficient (Wildman–Crippen LogP) is 3.46. The predicted molar refractivity (Wildman–Crippen MR) is 109 cm³/mol. The number of pyridine rings is 1. The Labute approximate surface area is 164 Å². The minimum Gasteiger partial charge on any atom is -0.485 e. The number of H-pyrrole nitrogens is 1. The molecule has 0 spiro atoms. The summed E-state index contributed by atoms with van der Waals surface area (Å²) in [5, 5.41) is 1.06. The number of hydrogen-bond donors (Lipinski definition) is 1. The maximum absolute atomic E-state index is 13.1. The van der Waals surface area contributed by atoms with Crippen LogP contribution in [0, 0.1) is 0 Å². The molecule has 1 aromatic carbocycles. The number of fused-ring (bicyclic) bond motifs is 1. The summed E-state index contributed by atoms with van der Waals surface area (Å²) in [5.41, 5.74) is 1.63. The van der Waals surface area contributed by atoms with E-state index in [0.29, 0.717) is 13.1 Å². The third-order valence-corrected chi connectivity index (χ3v) is 5.70. The average Bonchev–Trinajstić information content (AvgIpc) is 3.48. The van der Waals surface area contributed by atoms with Crippen LogP contribution in [0.1, 0.15) is 29.6 Å². The highest BCUT2D eigenvalue weighted by Crippen LogP contribution is 2.31. The summed E-state index contributed by atoms with van der Waals surface area (Å²) in [6.07, 6.45) is 6.93. The van der Waals surface area contributed by atoms with Gasteiger partial charge in [-0.05, 0) is 37.1 Å². The van der Waals surface area contributed by atoms with E-state index in [-0.39, 0.29) is 12.0 Å². The molecule has 28 heavy (non-hydrogen) atoms. The lowest BCUT2D eigenvalue weighted by molar-refractivity contribution is 0.0774. The second kappa shape index (κ2) is 7.19. The maximum Gasteiger partial charge on any atom is 0.256 e. The fourth-order valence-corrected chi connectivity index (χ4v) is 4.26. The van der Waals surface area contributed by atoms with E-state index in [1.54, 1.807) is 0 Å². The number of nitrogens with zero attached hydrogens (tertiary/aromatic N) is 3. The van der Waals surface area contributed by atoms with Crippen LogP contribution in [0.25, 0.3) is 10.9 Å². The van der Waals surface area contributed by atoms with E-state index in [4.69, 9.17) is 4.74 Å². The number of rotatable bonds is 4. The normalized spacial score (nSPS) is 19.5. The van der Waals surface area contributed by atoms with Gasteiger partial charge in [0.25, 0.3) is 5.91 Å². The molecule has 144 valence electrons. The van der Waals surface area contributed by atoms with Gasteiger partial charge in [-0.1, -0.05) is 12.1 Å². The van der Waals surface area contributed by atoms with Gasteiger partial charge < -0.3 is 19.5 Å². The summed E-state index contributed by atoms with van der Waals surface area (Å²) in [4.78, 5) is 25.0. The topological polar surface area (TPSA) is 61.5 Å². The first kappa shape index (κ1) is 17.1. The number of aromatic amines is 1. The summed E-state index contributed by atoms with van der Waals surface area (Å²) in [6.45, 7) is 3.37. The Balaban J connectivity index is 1.30. The van der Waals surface area contributed by atoms with E-state index >= 15 is 0 Å². The number of likely N-dealkylation sites (tertiary alicyclic amines) is 1. The van der Waals surface area contributed by atoms with Gasteiger partial charge in [-0.3, -0.25) is 4.79 Å². The summed E-state index contributed by atoms with van der Waals surface area (Å²) in [7, 11) is 0. The first-order chi connectivity index (χ1) is 13.8. The number of nitrogens with one attached hydrogen (secondary N) is 1. The lowest BCUT2D eigenvalue weighted by Crippen LogP contribution is -2.31. The van der Waals surface area contributed by atoms with Crippen LogP contribution in [0.3, 0.4) is 0 Å². The van der Waals surface area contributed by atoms with Crippen LogP contribution in [0.15, 0.2) is 48.8 Å². The summed E-state index contributed by atoms with van der Waals surface area (Å²) < 4.78 is 6.30. The molecule has 2 aromatic heterocycles. The van der Waals surface area contributed by atoms with Crippen LogP contribution in [0.4, 0.5) is 5.82 Å². The second-order valence-electron chi connectivity index (χ2n) is 7.55. The van der Waals surface area contributed by atoms with Crippen molar-refractivity contribution in [2.45, 2.75) is 25.4 Å². The highest BCUT2D eigenvalue weighted by molar-refractivity contribution is 6.05. The fraction of sp³-hybridized carbons (Fsp3) is 0.364. The van der Waals surface area contributed by atoms with E-state index in [0.717, 1.165) is 47.5 Å². The first-order valence-corrected chi connectivity index (χ1v) is 10.0. The van der Waals surface area contributed by atoms with E-state index in [9.17, 15) is 4.79 Å². The van der Waals surface area contributed by atoms with Gasteiger partial charge >= 0.3 is 0 Å². The van der Waals surface area contributed by atoms with Gasteiger partial charge in [-0.15, -0.1) is 0 Å². The molecule has 6 heteroatoms. The quantitative estimate of drug-likeness (QED) is 0.758. The molecule has 1 amide bonds. The van der Waals surface area contributed by atoms with Crippen LogP contribution in [-0.4, -0.2) is 53.1 Å². The molecular weight excluding hydrogens is 352 g/mol. The molecular formula is C22H24N4O2. The fourth-order valence-electron chi connectivity index (χ4n) is 4.26. The zero-order chi connectivity index (χ0) is 18.9. The van der Waals surface area contributed by atoms with Crippen molar-refractivity contribution in [2.24, 2.45) is 0 Å². The number of ether oxygens (including phenoxy) is 1. The molecule has 0 unspecified atom stereocenters. The molecule has 2 aliphatic heterocycles. The Morgan fingerprint density at radius 3 is 2.89 bits per heavy atom. The van der Waals surface area contributed by atoms with Crippen molar-refractivity contribution < 1.29 is 9.53 Å². The molecule has 2 fully saturated rings. The van der Waals surface area contributed by atoms with Crippen molar-refractivity contribution in [3.8, 4) is 5.75 Å². The molecule has 2 aliphatic rings. The van der Waals surface area contributed by atoms with E-state index in [1.165, 1.54) is 12.8 Å². The lowest BCUT2D eigenvalue weighted by atomic mass is 10.1. The second-order valence-corrected chi connectivity index (χ2v) is 7.55. The zero-order valence-corrected chi connectivity index (χ0v) is 15.8. The van der Waals surface area contributed by atoms with E-state index in [2.05, 4.69) is 14.9 Å². The minimum atomic E-state index is -0.00246. The Kier molecular flexibility index (Phi) is 4.39. The molecule has 5 rings (SSSR count).